The number of hydrogen-bond donors (Lipinski definition) is 2. The fourth-order valence-corrected chi connectivity index (χ4v) is 3.63. The number of carbonyl (C=O) groups excluding carboxylic acids is 2. The number of amides is 2. The average molecular weight is 449 g/mol. The van der Waals surface area contributed by atoms with Crippen LogP contribution in [0.5, 0.6) is 0 Å². The van der Waals surface area contributed by atoms with Crippen molar-refractivity contribution in [3.63, 3.8) is 0 Å². The summed E-state index contributed by atoms with van der Waals surface area (Å²) >= 11 is 0. The topological polar surface area (TPSA) is 85.1 Å². The monoisotopic (exact) mass is 449 g/mol. The summed E-state index contributed by atoms with van der Waals surface area (Å²) in [6.07, 6.45) is -2.98. The van der Waals surface area contributed by atoms with Crippen molar-refractivity contribution >= 4 is 28.3 Å². The standard InChI is InChI=1S/C25H18F3N3O2/c1-14-8-9-17(31-24(33)15-4-2-5-16(12-15)25(26,27)28)13-21(14)22-19-6-3-7-20(23(29)32)18(19)10-11-30-22/h2-13H,1H3,(H2,29,32)(H,31,33). The Bertz CT molecular complexity index is 1400. The molecule has 1 heterocycles. The second kappa shape index (κ2) is 8.38. The Morgan fingerprint density at radius 1 is 0.939 bits per heavy atom. The summed E-state index contributed by atoms with van der Waals surface area (Å²) < 4.78 is 38.9. The molecule has 0 spiro atoms. The molecule has 0 aliphatic heterocycles. The Kier molecular flexibility index (Phi) is 5.59. The summed E-state index contributed by atoms with van der Waals surface area (Å²) in [5.41, 5.74) is 7.38. The predicted molar refractivity (Wildman–Crippen MR) is 120 cm³/mol. The molecular formula is C25H18F3N3O2. The number of benzene rings is 3. The molecule has 4 aromatic rings. The van der Waals surface area contributed by atoms with E-state index in [1.54, 1.807) is 42.6 Å². The highest BCUT2D eigenvalue weighted by molar-refractivity contribution is 6.10. The lowest BCUT2D eigenvalue weighted by atomic mass is 9.97. The number of hydrogen-bond acceptors (Lipinski definition) is 3. The van der Waals surface area contributed by atoms with E-state index in [0.717, 1.165) is 17.7 Å². The fourth-order valence-electron chi connectivity index (χ4n) is 3.63. The minimum Gasteiger partial charge on any atom is -0.366 e. The number of fused-ring (bicyclic) bond motifs is 1. The first-order valence-electron chi connectivity index (χ1n) is 9.92. The first-order chi connectivity index (χ1) is 15.6. The van der Waals surface area contributed by atoms with E-state index in [1.165, 1.54) is 12.1 Å². The van der Waals surface area contributed by atoms with Crippen molar-refractivity contribution in [1.82, 2.24) is 4.98 Å². The lowest BCUT2D eigenvalue weighted by Gasteiger charge is -2.13. The van der Waals surface area contributed by atoms with Gasteiger partial charge in [0.25, 0.3) is 5.91 Å². The zero-order valence-electron chi connectivity index (χ0n) is 17.4. The van der Waals surface area contributed by atoms with Crippen LogP contribution < -0.4 is 11.1 Å². The number of aromatic nitrogens is 1. The number of anilines is 1. The van der Waals surface area contributed by atoms with Crippen LogP contribution in [0.2, 0.25) is 0 Å². The molecule has 3 aromatic carbocycles. The van der Waals surface area contributed by atoms with Crippen molar-refractivity contribution in [1.29, 1.82) is 0 Å². The van der Waals surface area contributed by atoms with E-state index in [9.17, 15) is 22.8 Å². The third-order valence-electron chi connectivity index (χ3n) is 5.27. The number of nitrogens with two attached hydrogens (primary N) is 1. The van der Waals surface area contributed by atoms with Gasteiger partial charge in [0.15, 0.2) is 0 Å². The van der Waals surface area contributed by atoms with Gasteiger partial charge < -0.3 is 11.1 Å². The second-order valence-corrected chi connectivity index (χ2v) is 7.49. The lowest BCUT2D eigenvalue weighted by Crippen LogP contribution is -2.14. The van der Waals surface area contributed by atoms with Gasteiger partial charge in [0, 0.05) is 34.0 Å². The number of primary amides is 1. The number of carbonyl (C=O) groups is 2. The number of rotatable bonds is 4. The van der Waals surface area contributed by atoms with Gasteiger partial charge in [0.2, 0.25) is 5.91 Å². The van der Waals surface area contributed by atoms with E-state index in [2.05, 4.69) is 10.3 Å². The van der Waals surface area contributed by atoms with Crippen LogP contribution in [-0.4, -0.2) is 16.8 Å². The Balaban J connectivity index is 1.72. The highest BCUT2D eigenvalue weighted by Crippen LogP contribution is 2.33. The van der Waals surface area contributed by atoms with Crippen LogP contribution in [-0.2, 0) is 6.18 Å². The smallest absolute Gasteiger partial charge is 0.366 e. The van der Waals surface area contributed by atoms with Gasteiger partial charge in [-0.2, -0.15) is 13.2 Å². The van der Waals surface area contributed by atoms with Crippen molar-refractivity contribution in [3.05, 3.63) is 95.2 Å². The molecular weight excluding hydrogens is 431 g/mol. The van der Waals surface area contributed by atoms with Gasteiger partial charge in [-0.1, -0.05) is 24.3 Å². The first-order valence-corrected chi connectivity index (χ1v) is 9.92. The number of halogens is 3. The molecule has 8 heteroatoms. The van der Waals surface area contributed by atoms with E-state index < -0.39 is 23.6 Å². The minimum atomic E-state index is -4.54. The van der Waals surface area contributed by atoms with Crippen molar-refractivity contribution < 1.29 is 22.8 Å². The molecule has 0 fully saturated rings. The molecule has 3 N–H and O–H groups in total. The van der Waals surface area contributed by atoms with Crippen LogP contribution in [0.4, 0.5) is 18.9 Å². The normalized spacial score (nSPS) is 11.4. The maximum absolute atomic E-state index is 13.0. The van der Waals surface area contributed by atoms with Gasteiger partial charge in [-0.05, 0) is 60.3 Å². The van der Waals surface area contributed by atoms with Crippen LogP contribution in [0.25, 0.3) is 22.0 Å². The number of nitrogens with one attached hydrogen (secondary N) is 1. The Morgan fingerprint density at radius 2 is 1.70 bits per heavy atom. The fraction of sp³-hybridized carbons (Fsp3) is 0.0800. The molecule has 0 atom stereocenters. The van der Waals surface area contributed by atoms with Gasteiger partial charge >= 0.3 is 6.18 Å². The SMILES string of the molecule is Cc1ccc(NC(=O)c2cccc(C(F)(F)F)c2)cc1-c1nccc2c(C(N)=O)cccc12. The van der Waals surface area contributed by atoms with E-state index >= 15 is 0 Å². The molecule has 33 heavy (non-hydrogen) atoms. The molecule has 0 radical (unpaired) electrons. The first kappa shape index (κ1) is 22.0. The zero-order chi connectivity index (χ0) is 23.8. The number of pyridine rings is 1. The molecule has 1 aromatic heterocycles. The summed E-state index contributed by atoms with van der Waals surface area (Å²) in [7, 11) is 0. The molecule has 5 nitrogen and oxygen atoms in total. The van der Waals surface area contributed by atoms with E-state index in [0.29, 0.717) is 33.3 Å². The van der Waals surface area contributed by atoms with Gasteiger partial charge in [-0.15, -0.1) is 0 Å². The van der Waals surface area contributed by atoms with Crippen LogP contribution >= 0.6 is 0 Å². The van der Waals surface area contributed by atoms with Crippen LogP contribution in [0.3, 0.4) is 0 Å². The van der Waals surface area contributed by atoms with E-state index in [1.807, 2.05) is 13.0 Å². The molecule has 4 rings (SSSR count). The van der Waals surface area contributed by atoms with Crippen molar-refractivity contribution in [2.24, 2.45) is 5.73 Å². The zero-order valence-corrected chi connectivity index (χ0v) is 17.4. The summed E-state index contributed by atoms with van der Waals surface area (Å²) in [5, 5.41) is 4.00. The maximum atomic E-state index is 13.0. The summed E-state index contributed by atoms with van der Waals surface area (Å²) in [4.78, 5) is 28.9. The predicted octanol–water partition coefficient (Wildman–Crippen LogP) is 5.58. The molecule has 0 saturated carbocycles. The Morgan fingerprint density at radius 3 is 2.42 bits per heavy atom. The second-order valence-electron chi connectivity index (χ2n) is 7.49. The summed E-state index contributed by atoms with van der Waals surface area (Å²) in [5.74, 6) is -1.23. The third-order valence-corrected chi connectivity index (χ3v) is 5.27. The van der Waals surface area contributed by atoms with Crippen molar-refractivity contribution in [2.75, 3.05) is 5.32 Å². The lowest BCUT2D eigenvalue weighted by molar-refractivity contribution is -0.137. The number of alkyl halides is 3. The van der Waals surface area contributed by atoms with Crippen molar-refractivity contribution in [2.45, 2.75) is 13.1 Å². The average Bonchev–Trinajstić information content (AvgIpc) is 2.79. The quantitative estimate of drug-likeness (QED) is 0.427. The molecule has 0 aliphatic carbocycles. The highest BCUT2D eigenvalue weighted by Gasteiger charge is 2.30. The van der Waals surface area contributed by atoms with Gasteiger partial charge in [0.05, 0.1) is 11.3 Å². The van der Waals surface area contributed by atoms with Crippen LogP contribution in [0.15, 0.2) is 72.9 Å². The molecule has 0 unspecified atom stereocenters. The number of aryl methyl sites for hydroxylation is 1. The minimum absolute atomic E-state index is 0.110. The molecule has 0 bridgehead atoms. The third kappa shape index (κ3) is 4.41. The summed E-state index contributed by atoms with van der Waals surface area (Å²) in [6, 6.07) is 16.2. The highest BCUT2D eigenvalue weighted by atomic mass is 19.4. The van der Waals surface area contributed by atoms with Gasteiger partial charge in [-0.25, -0.2) is 0 Å². The van der Waals surface area contributed by atoms with Crippen LogP contribution in [0.1, 0.15) is 31.8 Å². The van der Waals surface area contributed by atoms with Gasteiger partial charge in [-0.3, -0.25) is 14.6 Å². The Hall–Kier alpha value is -4.20. The van der Waals surface area contributed by atoms with E-state index in [4.69, 9.17) is 5.73 Å². The van der Waals surface area contributed by atoms with Crippen LogP contribution in [0, 0.1) is 6.92 Å². The maximum Gasteiger partial charge on any atom is 0.416 e. The molecule has 2 amide bonds. The van der Waals surface area contributed by atoms with E-state index in [-0.39, 0.29) is 5.56 Å². The molecule has 166 valence electrons. The Labute approximate surface area is 187 Å². The molecule has 0 aliphatic rings. The largest absolute Gasteiger partial charge is 0.416 e. The van der Waals surface area contributed by atoms with Gasteiger partial charge in [0.1, 0.15) is 0 Å². The summed E-state index contributed by atoms with van der Waals surface area (Å²) in [6.45, 7) is 1.87. The molecule has 0 saturated heterocycles. The van der Waals surface area contributed by atoms with Crippen molar-refractivity contribution in [3.8, 4) is 11.3 Å². The number of nitrogens with zero attached hydrogens (tertiary/aromatic N) is 1.